The lowest BCUT2D eigenvalue weighted by Gasteiger charge is -2.12. The first kappa shape index (κ1) is 15.0. The second kappa shape index (κ2) is 8.15. The Hall–Kier alpha value is -0.460. The van der Waals surface area contributed by atoms with Crippen molar-refractivity contribution in [2.45, 2.75) is 25.4 Å². The zero-order valence-electron chi connectivity index (χ0n) is 6.87. The number of carboxylic acid groups (broad SMARTS) is 1. The summed E-state index contributed by atoms with van der Waals surface area (Å²) in [6.45, 7) is -2.50. The van der Waals surface area contributed by atoms with Gasteiger partial charge in [-0.25, -0.2) is 5.32 Å². The van der Waals surface area contributed by atoms with Gasteiger partial charge in [0.25, 0.3) is 6.55 Å². The molecule has 0 aliphatic heterocycles. The molecule has 0 aromatic heterocycles. The Morgan fingerprint density at radius 3 is 2.38 bits per heavy atom. The molecule has 0 aromatic carbocycles. The van der Waals surface area contributed by atoms with Crippen LogP contribution in [-0.4, -0.2) is 30.2 Å². The Labute approximate surface area is 80.9 Å². The average molecular weight is 219 g/mol. The summed E-state index contributed by atoms with van der Waals surface area (Å²) in [6, 6.07) is -1.20. The van der Waals surface area contributed by atoms with Crippen molar-refractivity contribution in [3.8, 4) is 0 Å². The molecular weight excluding hydrogens is 206 g/mol. The summed E-state index contributed by atoms with van der Waals surface area (Å²) in [5.74, 6) is -1.27. The van der Waals surface area contributed by atoms with Gasteiger partial charge in [-0.15, -0.1) is 12.4 Å². The van der Waals surface area contributed by atoms with Crippen LogP contribution < -0.4 is 11.1 Å². The van der Waals surface area contributed by atoms with E-state index in [4.69, 9.17) is 10.8 Å². The zero-order chi connectivity index (χ0) is 9.56. The summed E-state index contributed by atoms with van der Waals surface area (Å²) < 4.78 is 23.3. The van der Waals surface area contributed by atoms with Gasteiger partial charge in [0.15, 0.2) is 0 Å². The van der Waals surface area contributed by atoms with Gasteiger partial charge in [0.1, 0.15) is 6.04 Å². The van der Waals surface area contributed by atoms with Gasteiger partial charge in [-0.2, -0.15) is 8.78 Å². The minimum atomic E-state index is -2.80. The van der Waals surface area contributed by atoms with Crippen molar-refractivity contribution in [2.75, 3.05) is 6.54 Å². The van der Waals surface area contributed by atoms with Gasteiger partial charge in [0.2, 0.25) is 0 Å². The molecule has 0 saturated heterocycles. The fraction of sp³-hybridized carbons (Fsp3) is 0.833. The number of alkyl halides is 2. The number of hydrogen-bond donors (Lipinski definition) is 3. The quantitative estimate of drug-likeness (QED) is 0.565. The molecule has 4 nitrogen and oxygen atoms in total. The first-order chi connectivity index (χ1) is 5.57. The van der Waals surface area contributed by atoms with E-state index in [1.165, 1.54) is 0 Å². The molecule has 1 unspecified atom stereocenters. The molecular formula is C6H13ClF2N2O2. The first-order valence-electron chi connectivity index (χ1n) is 3.55. The molecule has 0 bridgehead atoms. The molecule has 0 fully saturated rings. The monoisotopic (exact) mass is 218 g/mol. The molecule has 0 aliphatic rings. The maximum atomic E-state index is 11.7. The van der Waals surface area contributed by atoms with E-state index in [-0.39, 0.29) is 18.8 Å². The molecule has 1 atom stereocenters. The predicted molar refractivity (Wildman–Crippen MR) is 46.1 cm³/mol. The molecule has 0 rings (SSSR count). The summed E-state index contributed by atoms with van der Waals surface area (Å²) in [6.07, 6.45) is 0.535. The minimum Gasteiger partial charge on any atom is -0.480 e. The van der Waals surface area contributed by atoms with Crippen molar-refractivity contribution < 1.29 is 18.7 Å². The molecule has 4 N–H and O–H groups in total. The van der Waals surface area contributed by atoms with Crippen molar-refractivity contribution >= 4 is 18.4 Å². The van der Waals surface area contributed by atoms with Crippen LogP contribution in [0.3, 0.4) is 0 Å². The Morgan fingerprint density at radius 1 is 1.54 bits per heavy atom. The van der Waals surface area contributed by atoms with E-state index in [1.54, 1.807) is 5.32 Å². The molecule has 0 saturated carbocycles. The number of aliphatic carboxylic acids is 1. The van der Waals surface area contributed by atoms with Gasteiger partial charge < -0.3 is 10.8 Å². The normalized spacial score (nSPS) is 12.3. The fourth-order valence-electron chi connectivity index (χ4n) is 0.752. The van der Waals surface area contributed by atoms with E-state index in [2.05, 4.69) is 0 Å². The standard InChI is InChI=1S/C6H12F2N2O2.ClH/c7-6(8)10-4(5(11)12)2-1-3-9;/h4,6,10H,1-3,9H2,(H,11,12);1H. The number of carbonyl (C=O) groups is 1. The number of halogens is 3. The van der Waals surface area contributed by atoms with E-state index in [1.807, 2.05) is 0 Å². The number of carboxylic acids is 1. The lowest BCUT2D eigenvalue weighted by Crippen LogP contribution is -2.40. The van der Waals surface area contributed by atoms with Crippen LogP contribution in [0.15, 0.2) is 0 Å². The SMILES string of the molecule is Cl.NCCCC(NC(F)F)C(=O)O. The van der Waals surface area contributed by atoms with Crippen LogP contribution in [0.1, 0.15) is 12.8 Å². The van der Waals surface area contributed by atoms with Crippen LogP contribution in [0.25, 0.3) is 0 Å². The van der Waals surface area contributed by atoms with Crippen molar-refractivity contribution in [1.29, 1.82) is 0 Å². The Bertz CT molecular complexity index is 149. The van der Waals surface area contributed by atoms with Crippen molar-refractivity contribution in [2.24, 2.45) is 5.73 Å². The highest BCUT2D eigenvalue weighted by Crippen LogP contribution is 1.99. The summed E-state index contributed by atoms with van der Waals surface area (Å²) in [5.41, 5.74) is 5.10. The summed E-state index contributed by atoms with van der Waals surface area (Å²) >= 11 is 0. The highest BCUT2D eigenvalue weighted by molar-refractivity contribution is 5.85. The highest BCUT2D eigenvalue weighted by atomic mass is 35.5. The molecule has 0 aromatic rings. The van der Waals surface area contributed by atoms with Crippen LogP contribution in [0, 0.1) is 0 Å². The second-order valence-electron chi connectivity index (χ2n) is 2.29. The molecule has 80 valence electrons. The van der Waals surface area contributed by atoms with Crippen LogP contribution in [0.4, 0.5) is 8.78 Å². The van der Waals surface area contributed by atoms with Gasteiger partial charge in [-0.3, -0.25) is 4.79 Å². The highest BCUT2D eigenvalue weighted by Gasteiger charge is 2.19. The van der Waals surface area contributed by atoms with E-state index < -0.39 is 18.6 Å². The lowest BCUT2D eigenvalue weighted by molar-refractivity contribution is -0.141. The van der Waals surface area contributed by atoms with E-state index >= 15 is 0 Å². The summed E-state index contributed by atoms with van der Waals surface area (Å²) in [5, 5.41) is 10.0. The van der Waals surface area contributed by atoms with Gasteiger partial charge in [-0.1, -0.05) is 0 Å². The third kappa shape index (κ3) is 7.89. The maximum absolute atomic E-state index is 11.7. The van der Waals surface area contributed by atoms with Crippen molar-refractivity contribution in [3.05, 3.63) is 0 Å². The van der Waals surface area contributed by atoms with Crippen LogP contribution in [0.5, 0.6) is 0 Å². The van der Waals surface area contributed by atoms with E-state index in [9.17, 15) is 13.6 Å². The molecule has 0 amide bonds. The number of nitrogens with one attached hydrogen (secondary N) is 1. The van der Waals surface area contributed by atoms with Gasteiger partial charge in [0, 0.05) is 0 Å². The smallest absolute Gasteiger partial charge is 0.320 e. The van der Waals surface area contributed by atoms with E-state index in [0.29, 0.717) is 13.0 Å². The summed E-state index contributed by atoms with van der Waals surface area (Å²) in [7, 11) is 0. The number of hydrogen-bond acceptors (Lipinski definition) is 3. The Kier molecular flexibility index (Phi) is 9.43. The average Bonchev–Trinajstić information content (AvgIpc) is 1.96. The fourth-order valence-corrected chi connectivity index (χ4v) is 0.752. The van der Waals surface area contributed by atoms with Crippen molar-refractivity contribution in [3.63, 3.8) is 0 Å². The minimum absolute atomic E-state index is 0. The number of nitrogens with two attached hydrogens (primary N) is 1. The van der Waals surface area contributed by atoms with Gasteiger partial charge in [-0.05, 0) is 19.4 Å². The Morgan fingerprint density at radius 2 is 2.08 bits per heavy atom. The van der Waals surface area contributed by atoms with Crippen LogP contribution in [-0.2, 0) is 4.79 Å². The second-order valence-corrected chi connectivity index (χ2v) is 2.29. The third-order valence-electron chi connectivity index (χ3n) is 1.32. The molecule has 0 radical (unpaired) electrons. The van der Waals surface area contributed by atoms with Crippen LogP contribution in [0.2, 0.25) is 0 Å². The molecule has 0 heterocycles. The topological polar surface area (TPSA) is 75.3 Å². The van der Waals surface area contributed by atoms with E-state index in [0.717, 1.165) is 0 Å². The van der Waals surface area contributed by atoms with Crippen molar-refractivity contribution in [1.82, 2.24) is 5.32 Å². The zero-order valence-corrected chi connectivity index (χ0v) is 7.69. The molecule has 7 heteroatoms. The van der Waals surface area contributed by atoms with Gasteiger partial charge >= 0.3 is 5.97 Å². The van der Waals surface area contributed by atoms with Crippen LogP contribution >= 0.6 is 12.4 Å². The number of rotatable bonds is 6. The molecule has 0 aliphatic carbocycles. The third-order valence-corrected chi connectivity index (χ3v) is 1.32. The Balaban J connectivity index is 0. The largest absolute Gasteiger partial charge is 0.480 e. The lowest BCUT2D eigenvalue weighted by atomic mass is 10.1. The molecule has 0 spiro atoms. The maximum Gasteiger partial charge on any atom is 0.320 e. The van der Waals surface area contributed by atoms with Gasteiger partial charge in [0.05, 0.1) is 0 Å². The molecule has 13 heavy (non-hydrogen) atoms. The first-order valence-corrected chi connectivity index (χ1v) is 3.55. The predicted octanol–water partition coefficient (Wildman–Crippen LogP) is 0.412. The summed E-state index contributed by atoms with van der Waals surface area (Å²) in [4.78, 5) is 10.3.